The molecular weight excluding hydrogens is 256 g/mol. The summed E-state index contributed by atoms with van der Waals surface area (Å²) in [4.78, 5) is 27.8. The van der Waals surface area contributed by atoms with Gasteiger partial charge in [-0.2, -0.15) is 0 Å². The minimum Gasteiger partial charge on any atom is -0.480 e. The SMILES string of the molecule is CCN(C(=O)N1C(C(=O)O)CC2CCCCC21)C(C)C. The quantitative estimate of drug-likeness (QED) is 0.865. The number of hydrogen-bond donors (Lipinski definition) is 1. The van der Waals surface area contributed by atoms with E-state index in [0.717, 1.165) is 25.7 Å². The summed E-state index contributed by atoms with van der Waals surface area (Å²) >= 11 is 0. The zero-order chi connectivity index (χ0) is 14.9. The van der Waals surface area contributed by atoms with Crippen LogP contribution in [0.15, 0.2) is 0 Å². The molecule has 2 amide bonds. The molecule has 1 aliphatic carbocycles. The molecule has 2 aliphatic rings. The molecule has 5 heteroatoms. The average molecular weight is 282 g/mol. The van der Waals surface area contributed by atoms with Crippen LogP contribution in [0.3, 0.4) is 0 Å². The van der Waals surface area contributed by atoms with Crippen molar-refractivity contribution in [3.63, 3.8) is 0 Å². The number of urea groups is 1. The third kappa shape index (κ3) is 2.63. The second kappa shape index (κ2) is 6.02. The van der Waals surface area contributed by atoms with Gasteiger partial charge in [-0.1, -0.05) is 12.8 Å². The lowest BCUT2D eigenvalue weighted by Gasteiger charge is -2.37. The molecule has 0 aromatic heterocycles. The fraction of sp³-hybridized carbons (Fsp3) is 0.867. The highest BCUT2D eigenvalue weighted by Crippen LogP contribution is 2.40. The summed E-state index contributed by atoms with van der Waals surface area (Å²) in [5.41, 5.74) is 0. The maximum absolute atomic E-state index is 12.8. The Labute approximate surface area is 120 Å². The van der Waals surface area contributed by atoms with Crippen molar-refractivity contribution in [2.75, 3.05) is 6.54 Å². The van der Waals surface area contributed by atoms with Gasteiger partial charge >= 0.3 is 12.0 Å². The number of carboxylic acids is 1. The number of carboxylic acid groups (broad SMARTS) is 1. The van der Waals surface area contributed by atoms with Crippen molar-refractivity contribution in [2.24, 2.45) is 5.92 Å². The Morgan fingerprint density at radius 1 is 1.30 bits per heavy atom. The van der Waals surface area contributed by atoms with Gasteiger partial charge in [-0.15, -0.1) is 0 Å². The van der Waals surface area contributed by atoms with Gasteiger partial charge in [0.25, 0.3) is 0 Å². The number of aliphatic carboxylic acids is 1. The van der Waals surface area contributed by atoms with Crippen molar-refractivity contribution < 1.29 is 14.7 Å². The Kier molecular flexibility index (Phi) is 4.55. The summed E-state index contributed by atoms with van der Waals surface area (Å²) < 4.78 is 0. The van der Waals surface area contributed by atoms with E-state index in [2.05, 4.69) is 0 Å². The van der Waals surface area contributed by atoms with E-state index in [4.69, 9.17) is 0 Å². The molecule has 0 bridgehead atoms. The molecule has 3 atom stereocenters. The second-order valence-electron chi connectivity index (χ2n) is 6.27. The molecule has 3 unspecified atom stereocenters. The smallest absolute Gasteiger partial charge is 0.326 e. The molecule has 1 heterocycles. The number of carbonyl (C=O) groups is 2. The highest BCUT2D eigenvalue weighted by atomic mass is 16.4. The minimum atomic E-state index is -0.854. The van der Waals surface area contributed by atoms with Crippen molar-refractivity contribution >= 4 is 12.0 Å². The third-order valence-corrected chi connectivity index (χ3v) is 4.80. The number of hydrogen-bond acceptors (Lipinski definition) is 2. The van der Waals surface area contributed by atoms with Crippen molar-refractivity contribution in [1.82, 2.24) is 9.80 Å². The maximum atomic E-state index is 12.8. The molecule has 20 heavy (non-hydrogen) atoms. The molecule has 1 saturated heterocycles. The van der Waals surface area contributed by atoms with Crippen molar-refractivity contribution in [3.05, 3.63) is 0 Å². The molecule has 1 aliphatic heterocycles. The molecule has 5 nitrogen and oxygen atoms in total. The van der Waals surface area contributed by atoms with Crippen LogP contribution in [0.5, 0.6) is 0 Å². The zero-order valence-electron chi connectivity index (χ0n) is 12.7. The molecule has 0 aromatic carbocycles. The van der Waals surface area contributed by atoms with Gasteiger partial charge in [-0.25, -0.2) is 9.59 Å². The van der Waals surface area contributed by atoms with E-state index in [-0.39, 0.29) is 18.1 Å². The summed E-state index contributed by atoms with van der Waals surface area (Å²) in [6.07, 6.45) is 4.91. The van der Waals surface area contributed by atoms with Crippen molar-refractivity contribution in [2.45, 2.75) is 71.0 Å². The largest absolute Gasteiger partial charge is 0.480 e. The number of fused-ring (bicyclic) bond motifs is 1. The molecule has 2 fully saturated rings. The van der Waals surface area contributed by atoms with Gasteiger partial charge in [0.2, 0.25) is 0 Å². The van der Waals surface area contributed by atoms with Gasteiger partial charge < -0.3 is 14.9 Å². The number of nitrogens with zero attached hydrogens (tertiary/aromatic N) is 2. The highest BCUT2D eigenvalue weighted by molar-refractivity contribution is 5.84. The Bertz CT molecular complexity index is 383. The zero-order valence-corrected chi connectivity index (χ0v) is 12.7. The van der Waals surface area contributed by atoms with Crippen LogP contribution in [-0.2, 0) is 4.79 Å². The van der Waals surface area contributed by atoms with E-state index in [1.807, 2.05) is 20.8 Å². The molecular formula is C15H26N2O3. The summed E-state index contributed by atoms with van der Waals surface area (Å²) in [6, 6.07) is -0.498. The Morgan fingerprint density at radius 3 is 2.50 bits per heavy atom. The standard InChI is InChI=1S/C15H26N2O3/c1-4-16(10(2)3)15(20)17-12-8-6-5-7-11(12)9-13(17)14(18)19/h10-13H,4-9H2,1-3H3,(H,18,19). The van der Waals surface area contributed by atoms with E-state index in [1.165, 1.54) is 0 Å². The number of rotatable bonds is 3. The Morgan fingerprint density at radius 2 is 1.95 bits per heavy atom. The van der Waals surface area contributed by atoms with Crippen LogP contribution in [0.1, 0.15) is 52.9 Å². The Balaban J connectivity index is 2.24. The Hall–Kier alpha value is -1.26. The van der Waals surface area contributed by atoms with Gasteiger partial charge in [0.1, 0.15) is 6.04 Å². The molecule has 114 valence electrons. The van der Waals surface area contributed by atoms with E-state index in [9.17, 15) is 14.7 Å². The highest BCUT2D eigenvalue weighted by Gasteiger charge is 2.48. The summed E-state index contributed by atoms with van der Waals surface area (Å²) in [7, 11) is 0. The molecule has 2 rings (SSSR count). The van der Waals surface area contributed by atoms with Crippen LogP contribution < -0.4 is 0 Å². The van der Waals surface area contributed by atoms with Gasteiger partial charge in [0, 0.05) is 18.6 Å². The summed E-state index contributed by atoms with van der Waals surface area (Å²) in [5.74, 6) is -0.479. The van der Waals surface area contributed by atoms with Gasteiger partial charge in [-0.05, 0) is 46.0 Å². The van der Waals surface area contributed by atoms with Crippen LogP contribution in [-0.4, -0.2) is 51.6 Å². The first-order valence-corrected chi connectivity index (χ1v) is 7.79. The van der Waals surface area contributed by atoms with Crippen LogP contribution >= 0.6 is 0 Å². The predicted octanol–water partition coefficient (Wildman–Crippen LogP) is 2.55. The predicted molar refractivity (Wildman–Crippen MR) is 76.5 cm³/mol. The first-order valence-electron chi connectivity index (χ1n) is 7.79. The lowest BCUT2D eigenvalue weighted by atomic mass is 9.85. The molecule has 1 saturated carbocycles. The van der Waals surface area contributed by atoms with Crippen molar-refractivity contribution in [3.8, 4) is 0 Å². The normalized spacial score (nSPS) is 29.4. The van der Waals surface area contributed by atoms with Crippen LogP contribution in [0.4, 0.5) is 4.79 Å². The number of likely N-dealkylation sites (tertiary alicyclic amines) is 1. The second-order valence-corrected chi connectivity index (χ2v) is 6.27. The topological polar surface area (TPSA) is 60.9 Å². The minimum absolute atomic E-state index is 0.0932. The summed E-state index contributed by atoms with van der Waals surface area (Å²) in [6.45, 7) is 6.52. The molecule has 0 aromatic rings. The number of carbonyl (C=O) groups excluding carboxylic acids is 1. The first-order chi connectivity index (χ1) is 9.47. The van der Waals surface area contributed by atoms with Gasteiger partial charge in [-0.3, -0.25) is 0 Å². The fourth-order valence-corrected chi connectivity index (χ4v) is 3.83. The van der Waals surface area contributed by atoms with Crippen molar-refractivity contribution in [1.29, 1.82) is 0 Å². The lowest BCUT2D eigenvalue weighted by Crippen LogP contribution is -2.53. The molecule has 0 radical (unpaired) electrons. The van der Waals surface area contributed by atoms with E-state index in [1.54, 1.807) is 9.80 Å². The molecule has 1 N–H and O–H groups in total. The van der Waals surface area contributed by atoms with E-state index in [0.29, 0.717) is 18.9 Å². The van der Waals surface area contributed by atoms with Crippen LogP contribution in [0.25, 0.3) is 0 Å². The summed E-state index contributed by atoms with van der Waals surface area (Å²) in [5, 5.41) is 9.46. The number of amides is 2. The lowest BCUT2D eigenvalue weighted by molar-refractivity contribution is -0.141. The third-order valence-electron chi connectivity index (χ3n) is 4.80. The van der Waals surface area contributed by atoms with E-state index >= 15 is 0 Å². The van der Waals surface area contributed by atoms with Crippen LogP contribution in [0, 0.1) is 5.92 Å². The van der Waals surface area contributed by atoms with E-state index < -0.39 is 12.0 Å². The maximum Gasteiger partial charge on any atom is 0.326 e. The van der Waals surface area contributed by atoms with Crippen LogP contribution in [0.2, 0.25) is 0 Å². The average Bonchev–Trinajstić information content (AvgIpc) is 2.78. The first kappa shape index (κ1) is 15.1. The van der Waals surface area contributed by atoms with Gasteiger partial charge in [0.15, 0.2) is 0 Å². The van der Waals surface area contributed by atoms with Gasteiger partial charge in [0.05, 0.1) is 0 Å². The molecule has 0 spiro atoms. The monoisotopic (exact) mass is 282 g/mol. The fourth-order valence-electron chi connectivity index (χ4n) is 3.83.